The normalized spacial score (nSPS) is 14.6. The quantitative estimate of drug-likeness (QED) is 0.160. The molecule has 1 aliphatic heterocycles. The summed E-state index contributed by atoms with van der Waals surface area (Å²) in [5.74, 6) is 0.0803. The number of hydrogen-bond donors (Lipinski definition) is 0. The molecule has 220 valence electrons. The van der Waals surface area contributed by atoms with Gasteiger partial charge in [-0.1, -0.05) is 35.6 Å². The molecule has 1 aliphatic rings. The maximum absolute atomic E-state index is 13.9. The van der Waals surface area contributed by atoms with E-state index < -0.39 is 16.9 Å². The summed E-state index contributed by atoms with van der Waals surface area (Å²) in [6.07, 6.45) is 1.78. The number of non-ortho nitro benzene ring substituents is 1. The largest absolute Gasteiger partial charge is 0.489 e. The van der Waals surface area contributed by atoms with E-state index >= 15 is 0 Å². The molecule has 1 atom stereocenters. The van der Waals surface area contributed by atoms with E-state index in [-0.39, 0.29) is 24.5 Å². The lowest BCUT2D eigenvalue weighted by Gasteiger charge is -2.25. The molecule has 3 aromatic carbocycles. The van der Waals surface area contributed by atoms with Gasteiger partial charge in [0.15, 0.2) is 4.80 Å². The molecule has 2 heterocycles. The number of hydrogen-bond acceptors (Lipinski definition) is 9. The van der Waals surface area contributed by atoms with Gasteiger partial charge in [0, 0.05) is 31.9 Å². The molecule has 0 N–H and O–H groups in total. The Labute approximate surface area is 251 Å². The molecule has 0 radical (unpaired) electrons. The van der Waals surface area contributed by atoms with Gasteiger partial charge in [-0.15, -0.1) is 0 Å². The molecule has 4 aromatic rings. The summed E-state index contributed by atoms with van der Waals surface area (Å²) in [5.41, 5.74) is 3.90. The number of aromatic nitrogens is 1. The Balaban J connectivity index is 1.50. The van der Waals surface area contributed by atoms with E-state index in [0.29, 0.717) is 26.4 Å². The first-order valence-corrected chi connectivity index (χ1v) is 14.4. The average Bonchev–Trinajstić information content (AvgIpc) is 3.29. The summed E-state index contributed by atoms with van der Waals surface area (Å²) in [5, 5.41) is 10.9. The van der Waals surface area contributed by atoms with Gasteiger partial charge in [0.25, 0.3) is 11.2 Å². The molecular formula is C32H30N4O6S. The van der Waals surface area contributed by atoms with Crippen LogP contribution in [0.25, 0.3) is 6.08 Å². The van der Waals surface area contributed by atoms with E-state index in [4.69, 9.17) is 9.47 Å². The third-order valence-electron chi connectivity index (χ3n) is 6.95. The van der Waals surface area contributed by atoms with Crippen molar-refractivity contribution in [3.05, 3.63) is 131 Å². The fourth-order valence-corrected chi connectivity index (χ4v) is 5.83. The summed E-state index contributed by atoms with van der Waals surface area (Å²) in [7, 11) is 3.89. The second-order valence-electron chi connectivity index (χ2n) is 10.1. The number of nitrogens with zero attached hydrogens (tertiary/aromatic N) is 4. The van der Waals surface area contributed by atoms with Crippen LogP contribution in [0.3, 0.4) is 0 Å². The molecule has 0 saturated carbocycles. The first-order chi connectivity index (χ1) is 20.7. The highest BCUT2D eigenvalue weighted by molar-refractivity contribution is 7.07. The van der Waals surface area contributed by atoms with Gasteiger partial charge in [-0.05, 0) is 73.0 Å². The lowest BCUT2D eigenvalue weighted by molar-refractivity contribution is -0.384. The lowest BCUT2D eigenvalue weighted by Crippen LogP contribution is -2.39. The van der Waals surface area contributed by atoms with Crippen molar-refractivity contribution in [2.75, 3.05) is 25.6 Å². The number of anilines is 1. The number of allylic oxidation sites excluding steroid dienone is 1. The number of carbonyl (C=O) groups is 1. The minimum atomic E-state index is -0.690. The number of fused-ring (bicyclic) bond motifs is 1. The fourth-order valence-electron chi connectivity index (χ4n) is 4.79. The molecule has 0 fully saturated rings. The maximum atomic E-state index is 13.9. The SMILES string of the molecule is CCOC(=O)C1=C(C)N=c2s/c(=C\c3cccc(OCc4ccc([N+](=O)[O-])cc4)c3)c(=O)n2C1c1ccc(N(C)C)cc1. The topological polar surface area (TPSA) is 116 Å². The van der Waals surface area contributed by atoms with Gasteiger partial charge < -0.3 is 14.4 Å². The molecule has 11 heteroatoms. The Kier molecular flexibility index (Phi) is 8.53. The van der Waals surface area contributed by atoms with Crippen LogP contribution in [-0.2, 0) is 16.1 Å². The molecule has 43 heavy (non-hydrogen) atoms. The van der Waals surface area contributed by atoms with Crippen molar-refractivity contribution in [2.45, 2.75) is 26.5 Å². The van der Waals surface area contributed by atoms with E-state index in [0.717, 1.165) is 22.4 Å². The number of rotatable bonds is 9. The van der Waals surface area contributed by atoms with Gasteiger partial charge >= 0.3 is 5.97 Å². The predicted octanol–water partition coefficient (Wildman–Crippen LogP) is 4.35. The van der Waals surface area contributed by atoms with Crippen LogP contribution in [0.1, 0.15) is 36.6 Å². The van der Waals surface area contributed by atoms with Crippen molar-refractivity contribution < 1.29 is 19.2 Å². The number of benzene rings is 3. The first-order valence-electron chi connectivity index (χ1n) is 13.6. The fraction of sp³-hybridized carbons (Fsp3) is 0.219. The van der Waals surface area contributed by atoms with Crippen LogP contribution >= 0.6 is 11.3 Å². The van der Waals surface area contributed by atoms with E-state index in [1.54, 1.807) is 42.7 Å². The number of carbonyl (C=O) groups excluding carboxylic acids is 1. The van der Waals surface area contributed by atoms with Crippen LogP contribution in [0.4, 0.5) is 11.4 Å². The Hall–Kier alpha value is -5.03. The summed E-state index contributed by atoms with van der Waals surface area (Å²) in [6, 6.07) is 20.5. The highest BCUT2D eigenvalue weighted by Crippen LogP contribution is 2.31. The second kappa shape index (κ2) is 12.5. The molecular weight excluding hydrogens is 568 g/mol. The molecule has 10 nitrogen and oxygen atoms in total. The van der Waals surface area contributed by atoms with Gasteiger partial charge in [0.2, 0.25) is 0 Å². The molecule has 5 rings (SSSR count). The van der Waals surface area contributed by atoms with Crippen LogP contribution in [0.5, 0.6) is 5.75 Å². The molecule has 0 saturated heterocycles. The Morgan fingerprint density at radius 3 is 2.49 bits per heavy atom. The van der Waals surface area contributed by atoms with Crippen LogP contribution in [0.2, 0.25) is 0 Å². The van der Waals surface area contributed by atoms with Crippen molar-refractivity contribution >= 4 is 34.8 Å². The number of nitro groups is 1. The molecule has 1 aromatic heterocycles. The zero-order valence-corrected chi connectivity index (χ0v) is 25.0. The monoisotopic (exact) mass is 598 g/mol. The zero-order valence-electron chi connectivity index (χ0n) is 24.1. The van der Waals surface area contributed by atoms with Gasteiger partial charge in [-0.3, -0.25) is 19.5 Å². The standard InChI is InChI=1S/C32H30N4O6S/c1-5-41-31(38)28-20(2)33-32-35(29(28)23-11-15-24(16-12-23)34(3)4)30(37)27(43-32)18-22-7-6-8-26(17-22)42-19-21-9-13-25(14-10-21)36(39)40/h6-18,29H,5,19H2,1-4H3/b27-18-. The number of thiazole rings is 1. The molecule has 0 aliphatic carbocycles. The Morgan fingerprint density at radius 1 is 1.12 bits per heavy atom. The maximum Gasteiger partial charge on any atom is 0.338 e. The van der Waals surface area contributed by atoms with Crippen LogP contribution in [0.15, 0.2) is 93.9 Å². The van der Waals surface area contributed by atoms with Crippen molar-refractivity contribution in [3.63, 3.8) is 0 Å². The number of nitro benzene ring substituents is 1. The summed E-state index contributed by atoms with van der Waals surface area (Å²) < 4.78 is 13.3. The van der Waals surface area contributed by atoms with E-state index in [1.165, 1.54) is 23.5 Å². The summed E-state index contributed by atoms with van der Waals surface area (Å²) >= 11 is 1.25. The predicted molar refractivity (Wildman–Crippen MR) is 165 cm³/mol. The van der Waals surface area contributed by atoms with Crippen molar-refractivity contribution in [1.29, 1.82) is 0 Å². The van der Waals surface area contributed by atoms with Gasteiger partial charge in [-0.2, -0.15) is 0 Å². The highest BCUT2D eigenvalue weighted by Gasteiger charge is 2.33. The van der Waals surface area contributed by atoms with Crippen molar-refractivity contribution in [2.24, 2.45) is 4.99 Å². The van der Waals surface area contributed by atoms with Gasteiger partial charge in [0.1, 0.15) is 12.4 Å². The lowest BCUT2D eigenvalue weighted by atomic mass is 9.95. The van der Waals surface area contributed by atoms with Crippen LogP contribution in [0, 0.1) is 10.1 Å². The van der Waals surface area contributed by atoms with Crippen LogP contribution in [-0.4, -0.2) is 36.2 Å². The summed E-state index contributed by atoms with van der Waals surface area (Å²) in [6.45, 7) is 3.94. The van der Waals surface area contributed by atoms with Crippen molar-refractivity contribution in [3.8, 4) is 5.75 Å². The molecule has 0 bridgehead atoms. The minimum absolute atomic E-state index is 0.0181. The Morgan fingerprint density at radius 2 is 1.84 bits per heavy atom. The van der Waals surface area contributed by atoms with Crippen molar-refractivity contribution in [1.82, 2.24) is 4.57 Å². The molecule has 1 unspecified atom stereocenters. The third kappa shape index (κ3) is 6.26. The number of esters is 1. The van der Waals surface area contributed by atoms with Crippen LogP contribution < -0.4 is 24.5 Å². The Bertz CT molecular complexity index is 1890. The zero-order chi connectivity index (χ0) is 30.7. The van der Waals surface area contributed by atoms with E-state index in [1.807, 2.05) is 61.5 Å². The van der Waals surface area contributed by atoms with Gasteiger partial charge in [0.05, 0.1) is 33.4 Å². The van der Waals surface area contributed by atoms with E-state index in [2.05, 4.69) is 4.99 Å². The van der Waals surface area contributed by atoms with E-state index in [9.17, 15) is 19.7 Å². The summed E-state index contributed by atoms with van der Waals surface area (Å²) in [4.78, 5) is 44.6. The highest BCUT2D eigenvalue weighted by atomic mass is 32.1. The molecule has 0 spiro atoms. The first kappa shape index (κ1) is 29.5. The second-order valence-corrected chi connectivity index (χ2v) is 11.1. The third-order valence-corrected chi connectivity index (χ3v) is 7.93. The minimum Gasteiger partial charge on any atom is -0.489 e. The smallest absolute Gasteiger partial charge is 0.338 e. The van der Waals surface area contributed by atoms with Gasteiger partial charge in [-0.25, -0.2) is 9.79 Å². The number of ether oxygens (including phenoxy) is 2. The average molecular weight is 599 g/mol. The molecule has 0 amide bonds.